The molecule has 2 aliphatic rings. The second-order valence-corrected chi connectivity index (χ2v) is 7.76. The minimum Gasteiger partial charge on any atom is -0.406 e. The van der Waals surface area contributed by atoms with Crippen LogP contribution < -0.4 is 0 Å². The SMILES string of the molecule is CC1CCC(CCc2ccc(C3C=CC(OC(F)(F)F)=CC3)cc2)CC1. The Morgan fingerprint density at radius 2 is 1.73 bits per heavy atom. The smallest absolute Gasteiger partial charge is 0.406 e. The van der Waals surface area contributed by atoms with Crippen molar-refractivity contribution in [3.8, 4) is 0 Å². The zero-order valence-corrected chi connectivity index (χ0v) is 15.3. The van der Waals surface area contributed by atoms with E-state index < -0.39 is 6.36 Å². The van der Waals surface area contributed by atoms with Crippen molar-refractivity contribution < 1.29 is 17.9 Å². The van der Waals surface area contributed by atoms with Crippen LogP contribution in [0.4, 0.5) is 13.2 Å². The third-order valence-electron chi connectivity index (χ3n) is 5.68. The van der Waals surface area contributed by atoms with Crippen molar-refractivity contribution in [1.82, 2.24) is 0 Å². The van der Waals surface area contributed by atoms with E-state index in [1.807, 2.05) is 0 Å². The van der Waals surface area contributed by atoms with E-state index in [9.17, 15) is 13.2 Å². The molecule has 0 aliphatic heterocycles. The molecule has 0 heterocycles. The first kappa shape index (κ1) is 19.1. The van der Waals surface area contributed by atoms with E-state index in [-0.39, 0.29) is 11.7 Å². The number of ether oxygens (including phenoxy) is 1. The Morgan fingerprint density at radius 3 is 2.31 bits per heavy atom. The summed E-state index contributed by atoms with van der Waals surface area (Å²) in [5, 5.41) is 0. The Balaban J connectivity index is 1.48. The number of halogens is 3. The molecular formula is C22H27F3O. The van der Waals surface area contributed by atoms with Crippen molar-refractivity contribution in [3.05, 3.63) is 59.4 Å². The monoisotopic (exact) mass is 364 g/mol. The summed E-state index contributed by atoms with van der Waals surface area (Å²) in [6.45, 7) is 2.35. The highest BCUT2D eigenvalue weighted by Gasteiger charge is 2.32. The molecule has 142 valence electrons. The molecule has 2 aliphatic carbocycles. The zero-order valence-electron chi connectivity index (χ0n) is 15.3. The third-order valence-corrected chi connectivity index (χ3v) is 5.68. The van der Waals surface area contributed by atoms with E-state index in [4.69, 9.17) is 0 Å². The summed E-state index contributed by atoms with van der Waals surface area (Å²) in [5.41, 5.74) is 2.49. The number of allylic oxidation sites excluding steroid dienone is 3. The standard InChI is InChI=1S/C22H27F3O/c1-16-2-4-17(5-3-16)6-7-18-8-10-19(11-9-18)20-12-14-21(15-13-20)26-22(23,24)25/h8-12,14-17,20H,2-7,13H2,1H3. The van der Waals surface area contributed by atoms with Gasteiger partial charge in [-0.1, -0.05) is 62.9 Å². The van der Waals surface area contributed by atoms with E-state index in [1.54, 1.807) is 6.08 Å². The number of benzene rings is 1. The summed E-state index contributed by atoms with van der Waals surface area (Å²) in [6, 6.07) is 8.55. The number of hydrogen-bond donors (Lipinski definition) is 0. The van der Waals surface area contributed by atoms with Crippen LogP contribution >= 0.6 is 0 Å². The van der Waals surface area contributed by atoms with Crippen molar-refractivity contribution in [1.29, 1.82) is 0 Å². The first-order valence-corrected chi connectivity index (χ1v) is 9.62. The van der Waals surface area contributed by atoms with Crippen molar-refractivity contribution >= 4 is 0 Å². The molecule has 1 saturated carbocycles. The van der Waals surface area contributed by atoms with Crippen LogP contribution in [0.1, 0.15) is 62.5 Å². The average Bonchev–Trinajstić information content (AvgIpc) is 2.61. The lowest BCUT2D eigenvalue weighted by Gasteiger charge is -2.26. The molecule has 0 N–H and O–H groups in total. The van der Waals surface area contributed by atoms with Gasteiger partial charge in [0.1, 0.15) is 5.76 Å². The largest absolute Gasteiger partial charge is 0.573 e. The van der Waals surface area contributed by atoms with E-state index in [2.05, 4.69) is 35.9 Å². The van der Waals surface area contributed by atoms with Crippen LogP contribution in [0.5, 0.6) is 0 Å². The van der Waals surface area contributed by atoms with Gasteiger partial charge in [0, 0.05) is 5.92 Å². The predicted molar refractivity (Wildman–Crippen MR) is 97.6 cm³/mol. The molecule has 1 unspecified atom stereocenters. The van der Waals surface area contributed by atoms with Crippen LogP contribution in [0.25, 0.3) is 0 Å². The quantitative estimate of drug-likeness (QED) is 0.551. The van der Waals surface area contributed by atoms with Crippen LogP contribution in [0.15, 0.2) is 48.3 Å². The van der Waals surface area contributed by atoms with Gasteiger partial charge in [-0.05, 0) is 54.4 Å². The molecule has 0 radical (unpaired) electrons. The molecule has 0 saturated heterocycles. The first-order valence-electron chi connectivity index (χ1n) is 9.62. The lowest BCUT2D eigenvalue weighted by molar-refractivity contribution is -0.303. The third kappa shape index (κ3) is 5.65. The summed E-state index contributed by atoms with van der Waals surface area (Å²) in [6.07, 6.45) is 8.45. The molecule has 1 aromatic carbocycles. The van der Waals surface area contributed by atoms with Crippen LogP contribution in [-0.4, -0.2) is 6.36 Å². The number of hydrogen-bond acceptors (Lipinski definition) is 1. The molecular weight excluding hydrogens is 337 g/mol. The zero-order chi connectivity index (χ0) is 18.6. The first-order chi connectivity index (χ1) is 12.4. The Bertz CT molecular complexity index is 634. The van der Waals surface area contributed by atoms with Gasteiger partial charge in [-0.15, -0.1) is 13.2 Å². The molecule has 0 bridgehead atoms. The van der Waals surface area contributed by atoms with E-state index in [0.717, 1.165) is 23.8 Å². The topological polar surface area (TPSA) is 9.23 Å². The fraction of sp³-hybridized carbons (Fsp3) is 0.545. The molecule has 1 aromatic rings. The highest BCUT2D eigenvalue weighted by Crippen LogP contribution is 2.32. The maximum absolute atomic E-state index is 12.2. The average molecular weight is 364 g/mol. The number of aryl methyl sites for hydroxylation is 1. The van der Waals surface area contributed by atoms with Crippen molar-refractivity contribution in [2.45, 2.75) is 64.1 Å². The number of alkyl halides is 3. The molecule has 1 nitrogen and oxygen atoms in total. The predicted octanol–water partition coefficient (Wildman–Crippen LogP) is 6.91. The van der Waals surface area contributed by atoms with Gasteiger partial charge in [-0.25, -0.2) is 0 Å². The Hall–Kier alpha value is -1.71. The van der Waals surface area contributed by atoms with E-state index in [0.29, 0.717) is 6.42 Å². The Kier molecular flexibility index (Phi) is 6.10. The van der Waals surface area contributed by atoms with E-state index in [1.165, 1.54) is 49.8 Å². The summed E-state index contributed by atoms with van der Waals surface area (Å²) >= 11 is 0. The molecule has 26 heavy (non-hydrogen) atoms. The molecule has 0 spiro atoms. The van der Waals surface area contributed by atoms with Crippen molar-refractivity contribution in [2.24, 2.45) is 11.8 Å². The second kappa shape index (κ2) is 8.32. The molecule has 4 heteroatoms. The molecule has 3 rings (SSSR count). The second-order valence-electron chi connectivity index (χ2n) is 7.76. The summed E-state index contributed by atoms with van der Waals surface area (Å²) in [4.78, 5) is 0. The molecule has 1 atom stereocenters. The lowest BCUT2D eigenvalue weighted by Crippen LogP contribution is -2.13. The fourth-order valence-corrected chi connectivity index (χ4v) is 3.98. The highest BCUT2D eigenvalue weighted by molar-refractivity contribution is 5.33. The molecule has 0 amide bonds. The fourth-order valence-electron chi connectivity index (χ4n) is 3.98. The van der Waals surface area contributed by atoms with Gasteiger partial charge < -0.3 is 4.74 Å². The molecule has 0 aromatic heterocycles. The van der Waals surface area contributed by atoms with Crippen LogP contribution in [0.3, 0.4) is 0 Å². The van der Waals surface area contributed by atoms with Gasteiger partial charge in [0.25, 0.3) is 0 Å². The summed E-state index contributed by atoms with van der Waals surface area (Å²) < 4.78 is 40.7. The van der Waals surface area contributed by atoms with Gasteiger partial charge in [-0.2, -0.15) is 0 Å². The maximum Gasteiger partial charge on any atom is 0.573 e. The maximum atomic E-state index is 12.2. The van der Waals surface area contributed by atoms with Crippen LogP contribution in [0.2, 0.25) is 0 Å². The van der Waals surface area contributed by atoms with Gasteiger partial charge in [0.15, 0.2) is 0 Å². The summed E-state index contributed by atoms with van der Waals surface area (Å²) in [7, 11) is 0. The van der Waals surface area contributed by atoms with Gasteiger partial charge >= 0.3 is 6.36 Å². The van der Waals surface area contributed by atoms with Crippen molar-refractivity contribution in [3.63, 3.8) is 0 Å². The van der Waals surface area contributed by atoms with Gasteiger partial charge in [0.2, 0.25) is 0 Å². The van der Waals surface area contributed by atoms with Crippen LogP contribution in [-0.2, 0) is 11.2 Å². The minimum absolute atomic E-state index is 0.115. The minimum atomic E-state index is -4.62. The molecule has 1 fully saturated rings. The van der Waals surface area contributed by atoms with E-state index >= 15 is 0 Å². The van der Waals surface area contributed by atoms with Gasteiger partial charge in [-0.3, -0.25) is 0 Å². The number of rotatable bonds is 5. The van der Waals surface area contributed by atoms with Crippen LogP contribution in [0, 0.1) is 11.8 Å². The van der Waals surface area contributed by atoms with Crippen molar-refractivity contribution in [2.75, 3.05) is 0 Å². The van der Waals surface area contributed by atoms with Gasteiger partial charge in [0.05, 0.1) is 0 Å². The summed E-state index contributed by atoms with van der Waals surface area (Å²) in [5.74, 6) is 1.76. The highest BCUT2D eigenvalue weighted by atomic mass is 19.4. The lowest BCUT2D eigenvalue weighted by atomic mass is 9.80. The Labute approximate surface area is 153 Å². The Morgan fingerprint density at radius 1 is 1.04 bits per heavy atom. The normalized spacial score (nSPS) is 26.5.